The zero-order chi connectivity index (χ0) is 14.7. The summed E-state index contributed by atoms with van der Waals surface area (Å²) in [5, 5.41) is 2.85. The predicted octanol–water partition coefficient (Wildman–Crippen LogP) is 2.92. The standard InChI is InChI=1S/C14H19BrN2O2S/c1-3-5-10-14(19)17(11(4-2)13(18)16-10)8-9-6-7-12(15)20-9/h6-7,10-11H,3-5,8H2,1-2H3,(H,16,18). The Hall–Kier alpha value is -0.880. The van der Waals surface area contributed by atoms with Gasteiger partial charge in [0, 0.05) is 4.88 Å². The summed E-state index contributed by atoms with van der Waals surface area (Å²) in [6, 6.07) is 3.25. The second kappa shape index (κ2) is 6.72. The van der Waals surface area contributed by atoms with Crippen LogP contribution in [0, 0.1) is 0 Å². The molecule has 2 rings (SSSR count). The number of hydrogen-bond acceptors (Lipinski definition) is 3. The summed E-state index contributed by atoms with van der Waals surface area (Å²) in [4.78, 5) is 27.5. The van der Waals surface area contributed by atoms with Crippen LogP contribution in [0.1, 0.15) is 38.0 Å². The summed E-state index contributed by atoms with van der Waals surface area (Å²) < 4.78 is 1.04. The molecule has 2 unspecified atom stereocenters. The smallest absolute Gasteiger partial charge is 0.246 e. The number of rotatable bonds is 5. The van der Waals surface area contributed by atoms with Crippen LogP contribution in [0.15, 0.2) is 15.9 Å². The van der Waals surface area contributed by atoms with E-state index in [1.165, 1.54) is 0 Å². The maximum Gasteiger partial charge on any atom is 0.246 e. The molecule has 1 N–H and O–H groups in total. The quantitative estimate of drug-likeness (QED) is 0.879. The van der Waals surface area contributed by atoms with E-state index in [0.717, 1.165) is 15.1 Å². The van der Waals surface area contributed by atoms with Gasteiger partial charge in [0.1, 0.15) is 12.1 Å². The van der Waals surface area contributed by atoms with Crippen molar-refractivity contribution in [1.29, 1.82) is 0 Å². The second-order valence-corrected chi connectivity index (χ2v) is 7.49. The first-order chi connectivity index (χ1) is 9.56. The van der Waals surface area contributed by atoms with Crippen LogP contribution in [0.3, 0.4) is 0 Å². The lowest BCUT2D eigenvalue weighted by molar-refractivity contribution is -0.150. The van der Waals surface area contributed by atoms with Gasteiger partial charge in [0.15, 0.2) is 0 Å². The van der Waals surface area contributed by atoms with Crippen LogP contribution < -0.4 is 5.32 Å². The average molecular weight is 359 g/mol. The van der Waals surface area contributed by atoms with Crippen LogP contribution in [0.2, 0.25) is 0 Å². The SMILES string of the molecule is CCCC1NC(=O)C(CC)N(Cc2ccc(Br)s2)C1=O. The van der Waals surface area contributed by atoms with Crippen molar-refractivity contribution in [3.63, 3.8) is 0 Å². The van der Waals surface area contributed by atoms with Gasteiger partial charge in [-0.15, -0.1) is 11.3 Å². The number of amides is 2. The number of carbonyl (C=O) groups excluding carboxylic acids is 2. The lowest BCUT2D eigenvalue weighted by atomic mass is 10.0. The van der Waals surface area contributed by atoms with Crippen molar-refractivity contribution in [1.82, 2.24) is 10.2 Å². The maximum atomic E-state index is 12.5. The first-order valence-electron chi connectivity index (χ1n) is 6.91. The predicted molar refractivity (Wildman–Crippen MR) is 83.5 cm³/mol. The van der Waals surface area contributed by atoms with E-state index in [2.05, 4.69) is 21.2 Å². The molecule has 2 heterocycles. The zero-order valence-electron chi connectivity index (χ0n) is 11.7. The highest BCUT2D eigenvalue weighted by atomic mass is 79.9. The van der Waals surface area contributed by atoms with E-state index in [4.69, 9.17) is 0 Å². The van der Waals surface area contributed by atoms with E-state index in [1.807, 2.05) is 26.0 Å². The number of hydrogen-bond donors (Lipinski definition) is 1. The first kappa shape index (κ1) is 15.5. The summed E-state index contributed by atoms with van der Waals surface area (Å²) >= 11 is 5.03. The number of nitrogens with one attached hydrogen (secondary N) is 1. The van der Waals surface area contributed by atoms with Gasteiger partial charge in [0.2, 0.25) is 11.8 Å². The maximum absolute atomic E-state index is 12.5. The minimum atomic E-state index is -0.362. The molecule has 20 heavy (non-hydrogen) atoms. The highest BCUT2D eigenvalue weighted by molar-refractivity contribution is 9.11. The molecule has 0 bridgehead atoms. The molecule has 110 valence electrons. The van der Waals surface area contributed by atoms with Crippen molar-refractivity contribution in [3.05, 3.63) is 20.8 Å². The number of carbonyl (C=O) groups is 2. The third-order valence-corrected chi connectivity index (χ3v) is 5.10. The molecule has 0 spiro atoms. The van der Waals surface area contributed by atoms with Crippen LogP contribution in [0.4, 0.5) is 0 Å². The van der Waals surface area contributed by atoms with Gasteiger partial charge in [-0.05, 0) is 40.9 Å². The monoisotopic (exact) mass is 358 g/mol. The van der Waals surface area contributed by atoms with Crippen LogP contribution in [-0.4, -0.2) is 28.8 Å². The van der Waals surface area contributed by atoms with Gasteiger partial charge in [-0.25, -0.2) is 0 Å². The van der Waals surface area contributed by atoms with Gasteiger partial charge in [-0.2, -0.15) is 0 Å². The van der Waals surface area contributed by atoms with Crippen LogP contribution >= 0.6 is 27.3 Å². The molecule has 1 aromatic heterocycles. The van der Waals surface area contributed by atoms with Gasteiger partial charge in [-0.1, -0.05) is 20.3 Å². The van der Waals surface area contributed by atoms with Crippen molar-refractivity contribution in [2.45, 2.75) is 51.7 Å². The third-order valence-electron chi connectivity index (χ3n) is 3.50. The first-order valence-corrected chi connectivity index (χ1v) is 8.52. The molecule has 0 radical (unpaired) electrons. The van der Waals surface area contributed by atoms with Crippen molar-refractivity contribution in [3.8, 4) is 0 Å². The number of nitrogens with zero attached hydrogens (tertiary/aromatic N) is 1. The Bertz CT molecular complexity index is 503. The molecule has 0 aliphatic carbocycles. The normalized spacial score (nSPS) is 23.1. The van der Waals surface area contributed by atoms with Gasteiger partial charge < -0.3 is 10.2 Å². The van der Waals surface area contributed by atoms with Crippen molar-refractivity contribution < 1.29 is 9.59 Å². The minimum Gasteiger partial charge on any atom is -0.343 e. The van der Waals surface area contributed by atoms with Gasteiger partial charge in [0.25, 0.3) is 0 Å². The highest BCUT2D eigenvalue weighted by Gasteiger charge is 2.39. The van der Waals surface area contributed by atoms with E-state index < -0.39 is 0 Å². The summed E-state index contributed by atoms with van der Waals surface area (Å²) in [7, 11) is 0. The zero-order valence-corrected chi connectivity index (χ0v) is 14.1. The Morgan fingerprint density at radius 1 is 1.35 bits per heavy atom. The fourth-order valence-corrected chi connectivity index (χ4v) is 3.99. The number of piperazine rings is 1. The Kier molecular flexibility index (Phi) is 5.21. The number of halogens is 1. The summed E-state index contributed by atoms with van der Waals surface area (Å²) in [6.45, 7) is 4.47. The van der Waals surface area contributed by atoms with Gasteiger partial charge in [-0.3, -0.25) is 9.59 Å². The molecule has 0 aromatic carbocycles. The number of thiophene rings is 1. The fourth-order valence-electron chi connectivity index (χ4n) is 2.51. The minimum absolute atomic E-state index is 0.0267. The Morgan fingerprint density at radius 3 is 2.65 bits per heavy atom. The Morgan fingerprint density at radius 2 is 2.10 bits per heavy atom. The average Bonchev–Trinajstić information content (AvgIpc) is 2.81. The third kappa shape index (κ3) is 3.23. The van der Waals surface area contributed by atoms with Gasteiger partial charge >= 0.3 is 0 Å². The van der Waals surface area contributed by atoms with E-state index >= 15 is 0 Å². The fraction of sp³-hybridized carbons (Fsp3) is 0.571. The van der Waals surface area contributed by atoms with E-state index in [0.29, 0.717) is 19.4 Å². The lowest BCUT2D eigenvalue weighted by Gasteiger charge is -2.38. The van der Waals surface area contributed by atoms with Crippen LogP contribution in [0.25, 0.3) is 0 Å². The summed E-state index contributed by atoms with van der Waals surface area (Å²) in [5.74, 6) is 0.0176. The molecule has 1 aliphatic rings. The van der Waals surface area contributed by atoms with E-state index in [9.17, 15) is 9.59 Å². The van der Waals surface area contributed by atoms with Crippen molar-refractivity contribution >= 4 is 39.1 Å². The molecule has 0 saturated carbocycles. The molecule has 1 fully saturated rings. The van der Waals surface area contributed by atoms with Crippen molar-refractivity contribution in [2.75, 3.05) is 0 Å². The topological polar surface area (TPSA) is 49.4 Å². The Balaban J connectivity index is 2.19. The lowest BCUT2D eigenvalue weighted by Crippen LogP contribution is -2.62. The largest absolute Gasteiger partial charge is 0.343 e. The van der Waals surface area contributed by atoms with Crippen LogP contribution in [-0.2, 0) is 16.1 Å². The van der Waals surface area contributed by atoms with Gasteiger partial charge in [0.05, 0.1) is 10.3 Å². The molecule has 1 saturated heterocycles. The van der Waals surface area contributed by atoms with Crippen molar-refractivity contribution in [2.24, 2.45) is 0 Å². The molecule has 1 aliphatic heterocycles. The Labute approximate surface area is 131 Å². The second-order valence-electron chi connectivity index (χ2n) is 4.95. The van der Waals surface area contributed by atoms with Crippen LogP contribution in [0.5, 0.6) is 0 Å². The molecule has 4 nitrogen and oxygen atoms in total. The molecule has 1 aromatic rings. The molecule has 6 heteroatoms. The summed E-state index contributed by atoms with van der Waals surface area (Å²) in [5.41, 5.74) is 0. The molecule has 2 atom stereocenters. The summed E-state index contributed by atoms with van der Waals surface area (Å²) in [6.07, 6.45) is 2.22. The molecular weight excluding hydrogens is 340 g/mol. The van der Waals surface area contributed by atoms with E-state index in [-0.39, 0.29) is 23.9 Å². The molecule has 2 amide bonds. The van der Waals surface area contributed by atoms with E-state index in [1.54, 1.807) is 16.2 Å². The highest BCUT2D eigenvalue weighted by Crippen LogP contribution is 2.26. The molecular formula is C14H19BrN2O2S.